The van der Waals surface area contributed by atoms with Gasteiger partial charge in [0, 0.05) is 25.2 Å². The van der Waals surface area contributed by atoms with Crippen molar-refractivity contribution in [2.24, 2.45) is 0 Å². The number of β-amino-alcohol motifs (C(OH)–C–C–N with tert-alkyl or cyclic N) is 1. The standard InChI is InChI=1S/C9H18N2O/c1-7-3-2-4-8(11-7)9(12)5-10-6-9/h7-8,10-12H,2-6H2,1H3/t7-,8+/m1/s1. The summed E-state index contributed by atoms with van der Waals surface area (Å²) in [5.74, 6) is 0. The van der Waals surface area contributed by atoms with Gasteiger partial charge in [-0.1, -0.05) is 6.42 Å². The molecule has 2 saturated heterocycles. The minimum absolute atomic E-state index is 0.322. The molecule has 2 aliphatic rings. The van der Waals surface area contributed by atoms with Gasteiger partial charge in [-0.25, -0.2) is 0 Å². The minimum atomic E-state index is -0.450. The van der Waals surface area contributed by atoms with Gasteiger partial charge >= 0.3 is 0 Å². The summed E-state index contributed by atoms with van der Waals surface area (Å²) >= 11 is 0. The number of nitrogens with one attached hydrogen (secondary N) is 2. The van der Waals surface area contributed by atoms with Crippen molar-refractivity contribution in [1.82, 2.24) is 10.6 Å². The fraction of sp³-hybridized carbons (Fsp3) is 1.00. The van der Waals surface area contributed by atoms with Crippen molar-refractivity contribution in [3.63, 3.8) is 0 Å². The summed E-state index contributed by atoms with van der Waals surface area (Å²) in [6.07, 6.45) is 3.63. The highest BCUT2D eigenvalue weighted by atomic mass is 16.3. The molecule has 0 bridgehead atoms. The van der Waals surface area contributed by atoms with Crippen LogP contribution in [0.15, 0.2) is 0 Å². The van der Waals surface area contributed by atoms with Crippen LogP contribution in [0.2, 0.25) is 0 Å². The SMILES string of the molecule is C[C@@H]1CCC[C@@H](C2(O)CNC2)N1. The fourth-order valence-corrected chi connectivity index (χ4v) is 2.19. The molecule has 0 aromatic heterocycles. The van der Waals surface area contributed by atoms with E-state index in [1.54, 1.807) is 0 Å². The maximum atomic E-state index is 10.0. The van der Waals surface area contributed by atoms with Crippen molar-refractivity contribution < 1.29 is 5.11 Å². The van der Waals surface area contributed by atoms with Crippen LogP contribution in [0.4, 0.5) is 0 Å². The van der Waals surface area contributed by atoms with E-state index in [4.69, 9.17) is 0 Å². The maximum absolute atomic E-state index is 10.0. The summed E-state index contributed by atoms with van der Waals surface area (Å²) in [6.45, 7) is 3.72. The summed E-state index contributed by atoms with van der Waals surface area (Å²) in [7, 11) is 0. The summed E-state index contributed by atoms with van der Waals surface area (Å²) in [4.78, 5) is 0. The van der Waals surface area contributed by atoms with E-state index in [0.29, 0.717) is 12.1 Å². The van der Waals surface area contributed by atoms with Crippen LogP contribution in [0.25, 0.3) is 0 Å². The van der Waals surface area contributed by atoms with Gasteiger partial charge in [-0.2, -0.15) is 0 Å². The van der Waals surface area contributed by atoms with E-state index in [0.717, 1.165) is 19.5 Å². The van der Waals surface area contributed by atoms with E-state index in [1.807, 2.05) is 0 Å². The average molecular weight is 170 g/mol. The maximum Gasteiger partial charge on any atom is 0.105 e. The largest absolute Gasteiger partial charge is 0.386 e. The van der Waals surface area contributed by atoms with Gasteiger partial charge in [0.05, 0.1) is 0 Å². The summed E-state index contributed by atoms with van der Waals surface area (Å²) in [5.41, 5.74) is -0.450. The van der Waals surface area contributed by atoms with Crippen LogP contribution < -0.4 is 10.6 Å². The molecular formula is C9H18N2O. The normalized spacial score (nSPS) is 40.5. The van der Waals surface area contributed by atoms with Crippen molar-refractivity contribution in [3.05, 3.63) is 0 Å². The quantitative estimate of drug-likeness (QED) is 0.513. The van der Waals surface area contributed by atoms with Crippen molar-refractivity contribution in [2.45, 2.75) is 43.9 Å². The highest BCUT2D eigenvalue weighted by molar-refractivity contribution is 5.03. The van der Waals surface area contributed by atoms with Crippen LogP contribution in [-0.2, 0) is 0 Å². The molecule has 2 heterocycles. The van der Waals surface area contributed by atoms with Crippen LogP contribution in [0, 0.1) is 0 Å². The Morgan fingerprint density at radius 2 is 2.08 bits per heavy atom. The minimum Gasteiger partial charge on any atom is -0.386 e. The molecular weight excluding hydrogens is 152 g/mol. The van der Waals surface area contributed by atoms with Gasteiger partial charge in [0.2, 0.25) is 0 Å². The monoisotopic (exact) mass is 170 g/mol. The van der Waals surface area contributed by atoms with E-state index >= 15 is 0 Å². The molecule has 2 fully saturated rings. The summed E-state index contributed by atoms with van der Waals surface area (Å²) in [5, 5.41) is 16.6. The molecule has 3 heteroatoms. The fourth-order valence-electron chi connectivity index (χ4n) is 2.19. The highest BCUT2D eigenvalue weighted by Gasteiger charge is 2.43. The van der Waals surface area contributed by atoms with Crippen LogP contribution in [0.5, 0.6) is 0 Å². The lowest BCUT2D eigenvalue weighted by Gasteiger charge is -2.47. The average Bonchev–Trinajstić information content (AvgIpc) is 2.00. The molecule has 3 N–H and O–H groups in total. The molecule has 0 aromatic rings. The van der Waals surface area contributed by atoms with Gasteiger partial charge in [-0.05, 0) is 19.8 Å². The second-order valence-electron chi connectivity index (χ2n) is 4.26. The predicted molar refractivity (Wildman–Crippen MR) is 48.1 cm³/mol. The molecule has 0 aliphatic carbocycles. The lowest BCUT2D eigenvalue weighted by Crippen LogP contribution is -2.70. The van der Waals surface area contributed by atoms with Crippen LogP contribution in [0.3, 0.4) is 0 Å². The smallest absolute Gasteiger partial charge is 0.105 e. The van der Waals surface area contributed by atoms with E-state index in [2.05, 4.69) is 17.6 Å². The summed E-state index contributed by atoms with van der Waals surface area (Å²) in [6, 6.07) is 0.899. The first-order valence-corrected chi connectivity index (χ1v) is 4.90. The Morgan fingerprint density at radius 1 is 1.33 bits per heavy atom. The van der Waals surface area contributed by atoms with E-state index in [9.17, 15) is 5.11 Å². The molecule has 3 nitrogen and oxygen atoms in total. The second-order valence-corrected chi connectivity index (χ2v) is 4.26. The third kappa shape index (κ3) is 1.37. The van der Waals surface area contributed by atoms with E-state index in [1.165, 1.54) is 12.8 Å². The molecule has 0 aromatic carbocycles. The second kappa shape index (κ2) is 2.98. The van der Waals surface area contributed by atoms with Crippen LogP contribution in [0.1, 0.15) is 26.2 Å². The lowest BCUT2D eigenvalue weighted by atomic mass is 9.82. The van der Waals surface area contributed by atoms with E-state index in [-0.39, 0.29) is 0 Å². The predicted octanol–water partition coefficient (Wildman–Crippen LogP) is -0.149. The number of hydrogen-bond donors (Lipinski definition) is 3. The molecule has 2 rings (SSSR count). The van der Waals surface area contributed by atoms with Gasteiger partial charge in [-0.15, -0.1) is 0 Å². The molecule has 0 amide bonds. The zero-order chi connectivity index (χ0) is 8.60. The van der Waals surface area contributed by atoms with Crippen LogP contribution >= 0.6 is 0 Å². The summed E-state index contributed by atoms with van der Waals surface area (Å²) < 4.78 is 0. The number of aliphatic hydroxyl groups is 1. The Bertz CT molecular complexity index is 168. The lowest BCUT2D eigenvalue weighted by molar-refractivity contribution is -0.0536. The molecule has 70 valence electrons. The third-order valence-electron chi connectivity index (χ3n) is 3.13. The zero-order valence-corrected chi connectivity index (χ0v) is 7.64. The number of rotatable bonds is 1. The first kappa shape index (κ1) is 8.48. The Kier molecular flexibility index (Phi) is 2.10. The van der Waals surface area contributed by atoms with Gasteiger partial charge in [-0.3, -0.25) is 0 Å². The molecule has 0 saturated carbocycles. The Labute approximate surface area is 73.5 Å². The van der Waals surface area contributed by atoms with Gasteiger partial charge in [0.25, 0.3) is 0 Å². The first-order valence-electron chi connectivity index (χ1n) is 4.90. The van der Waals surface area contributed by atoms with Gasteiger partial charge in [0.1, 0.15) is 5.60 Å². The number of hydrogen-bond acceptors (Lipinski definition) is 3. The Balaban J connectivity index is 1.94. The first-order chi connectivity index (χ1) is 5.71. The van der Waals surface area contributed by atoms with Gasteiger partial charge < -0.3 is 15.7 Å². The molecule has 12 heavy (non-hydrogen) atoms. The third-order valence-corrected chi connectivity index (χ3v) is 3.13. The highest BCUT2D eigenvalue weighted by Crippen LogP contribution is 2.24. The van der Waals surface area contributed by atoms with E-state index < -0.39 is 5.60 Å². The van der Waals surface area contributed by atoms with Crippen molar-refractivity contribution in [2.75, 3.05) is 13.1 Å². The molecule has 0 radical (unpaired) electrons. The zero-order valence-electron chi connectivity index (χ0n) is 7.64. The number of piperidine rings is 1. The molecule has 2 aliphatic heterocycles. The molecule has 0 spiro atoms. The van der Waals surface area contributed by atoms with Crippen LogP contribution in [-0.4, -0.2) is 35.9 Å². The topological polar surface area (TPSA) is 44.3 Å². The van der Waals surface area contributed by atoms with Crippen molar-refractivity contribution in [1.29, 1.82) is 0 Å². The van der Waals surface area contributed by atoms with Crippen molar-refractivity contribution >= 4 is 0 Å². The molecule has 2 atom stereocenters. The Morgan fingerprint density at radius 3 is 2.58 bits per heavy atom. The Hall–Kier alpha value is -0.120. The van der Waals surface area contributed by atoms with Gasteiger partial charge in [0.15, 0.2) is 0 Å². The van der Waals surface area contributed by atoms with Crippen molar-refractivity contribution in [3.8, 4) is 0 Å². The molecule has 0 unspecified atom stereocenters.